The Hall–Kier alpha value is -2.82. The zero-order valence-corrected chi connectivity index (χ0v) is 14.6. The van der Waals surface area contributed by atoms with E-state index in [1.165, 1.54) is 5.56 Å². The predicted octanol–water partition coefficient (Wildman–Crippen LogP) is 3.64. The molecular weight excluding hydrogens is 328 g/mol. The second-order valence-corrected chi connectivity index (χ2v) is 6.88. The first-order valence-electron chi connectivity index (χ1n) is 9.15. The van der Waals surface area contributed by atoms with Crippen LogP contribution in [0.1, 0.15) is 37.3 Å². The second kappa shape index (κ2) is 7.20. The number of carbonyl (C=O) groups excluding carboxylic acids is 1. The molecule has 4 rings (SSSR count). The second-order valence-electron chi connectivity index (χ2n) is 6.88. The molecule has 1 atom stereocenters. The van der Waals surface area contributed by atoms with Crippen molar-refractivity contribution in [2.24, 2.45) is 5.92 Å². The maximum absolute atomic E-state index is 12.4. The summed E-state index contributed by atoms with van der Waals surface area (Å²) in [5, 5.41) is 3.18. The molecule has 5 heteroatoms. The number of aryl methyl sites for hydroxylation is 1. The molecule has 0 radical (unpaired) electrons. The summed E-state index contributed by atoms with van der Waals surface area (Å²) in [5.41, 5.74) is 2.53. The quantitative estimate of drug-likeness (QED) is 0.707. The van der Waals surface area contributed by atoms with Gasteiger partial charge in [-0.1, -0.05) is 42.5 Å². The largest absolute Gasteiger partial charge is 0.419 e. The number of oxazole rings is 1. The van der Waals surface area contributed by atoms with Crippen LogP contribution in [0.15, 0.2) is 63.8 Å². The van der Waals surface area contributed by atoms with Crippen molar-refractivity contribution in [2.45, 2.75) is 38.3 Å². The van der Waals surface area contributed by atoms with E-state index in [1.54, 1.807) is 10.6 Å². The fraction of sp³-hybridized carbons (Fsp3) is 0.333. The fourth-order valence-electron chi connectivity index (χ4n) is 3.43. The van der Waals surface area contributed by atoms with E-state index in [1.807, 2.05) is 36.4 Å². The van der Waals surface area contributed by atoms with Crippen LogP contribution in [-0.2, 0) is 11.3 Å². The minimum absolute atomic E-state index is 0.0339. The van der Waals surface area contributed by atoms with Gasteiger partial charge in [0.2, 0.25) is 5.91 Å². The number of carbonyl (C=O) groups is 1. The van der Waals surface area contributed by atoms with Gasteiger partial charge in [0.15, 0.2) is 5.58 Å². The average Bonchev–Trinajstić information content (AvgIpc) is 3.45. The summed E-state index contributed by atoms with van der Waals surface area (Å²) in [6.07, 6.45) is 3.32. The van der Waals surface area contributed by atoms with Crippen molar-refractivity contribution in [3.05, 3.63) is 70.7 Å². The van der Waals surface area contributed by atoms with Gasteiger partial charge in [0.25, 0.3) is 0 Å². The Morgan fingerprint density at radius 3 is 2.62 bits per heavy atom. The van der Waals surface area contributed by atoms with Crippen molar-refractivity contribution >= 4 is 17.0 Å². The highest BCUT2D eigenvalue weighted by atomic mass is 16.4. The summed E-state index contributed by atoms with van der Waals surface area (Å²) in [4.78, 5) is 24.4. The Labute approximate surface area is 151 Å². The van der Waals surface area contributed by atoms with E-state index < -0.39 is 0 Å². The van der Waals surface area contributed by atoms with E-state index in [-0.39, 0.29) is 17.7 Å². The standard InChI is InChI=1S/C21H22N2O3/c24-19(22-20(16-12-13-16)15-7-2-1-3-8-15)11-6-14-23-17-9-4-5-10-18(17)26-21(23)25/h1-5,7-10,16,20H,6,11-14H2,(H,22,24). The molecule has 1 N–H and O–H groups in total. The van der Waals surface area contributed by atoms with E-state index in [0.29, 0.717) is 30.9 Å². The molecule has 1 saturated carbocycles. The van der Waals surface area contributed by atoms with Crippen molar-refractivity contribution in [1.29, 1.82) is 0 Å². The van der Waals surface area contributed by atoms with Crippen LogP contribution in [-0.4, -0.2) is 10.5 Å². The van der Waals surface area contributed by atoms with E-state index >= 15 is 0 Å². The van der Waals surface area contributed by atoms with Crippen molar-refractivity contribution < 1.29 is 9.21 Å². The van der Waals surface area contributed by atoms with E-state index in [9.17, 15) is 9.59 Å². The van der Waals surface area contributed by atoms with Gasteiger partial charge in [-0.15, -0.1) is 0 Å². The monoisotopic (exact) mass is 350 g/mol. The number of para-hydroxylation sites is 2. The molecule has 0 spiro atoms. The van der Waals surface area contributed by atoms with Gasteiger partial charge < -0.3 is 9.73 Å². The van der Waals surface area contributed by atoms with Crippen molar-refractivity contribution in [2.75, 3.05) is 0 Å². The van der Waals surface area contributed by atoms with Gasteiger partial charge in [-0.25, -0.2) is 4.79 Å². The fourth-order valence-corrected chi connectivity index (χ4v) is 3.43. The lowest BCUT2D eigenvalue weighted by atomic mass is 10.0. The highest BCUT2D eigenvalue weighted by molar-refractivity contribution is 5.76. The molecule has 1 unspecified atom stereocenters. The molecule has 1 heterocycles. The van der Waals surface area contributed by atoms with Crippen LogP contribution < -0.4 is 11.1 Å². The number of aromatic nitrogens is 1. The number of rotatable bonds is 7. The third kappa shape index (κ3) is 3.57. The topological polar surface area (TPSA) is 64.2 Å². The molecule has 1 fully saturated rings. The summed E-state index contributed by atoms with van der Waals surface area (Å²) in [5.74, 6) is 0.208. The van der Waals surface area contributed by atoms with Crippen molar-refractivity contribution in [3.8, 4) is 0 Å². The minimum atomic E-state index is -0.369. The number of amides is 1. The van der Waals surface area contributed by atoms with Gasteiger partial charge in [0, 0.05) is 13.0 Å². The summed E-state index contributed by atoms with van der Waals surface area (Å²) in [7, 11) is 0. The Morgan fingerprint density at radius 1 is 1.12 bits per heavy atom. The third-order valence-corrected chi connectivity index (χ3v) is 4.93. The van der Waals surface area contributed by atoms with Gasteiger partial charge in [-0.2, -0.15) is 0 Å². The normalized spacial score (nSPS) is 15.1. The molecule has 1 amide bonds. The van der Waals surface area contributed by atoms with Crippen LogP contribution >= 0.6 is 0 Å². The molecule has 2 aromatic carbocycles. The number of hydrogen-bond acceptors (Lipinski definition) is 3. The van der Waals surface area contributed by atoms with Gasteiger partial charge in [0.1, 0.15) is 0 Å². The van der Waals surface area contributed by atoms with Gasteiger partial charge >= 0.3 is 5.76 Å². The minimum Gasteiger partial charge on any atom is -0.408 e. The van der Waals surface area contributed by atoms with Gasteiger partial charge in [0.05, 0.1) is 11.6 Å². The molecule has 26 heavy (non-hydrogen) atoms. The van der Waals surface area contributed by atoms with Crippen LogP contribution in [0.2, 0.25) is 0 Å². The summed E-state index contributed by atoms with van der Waals surface area (Å²) >= 11 is 0. The first-order chi connectivity index (χ1) is 12.7. The molecule has 5 nitrogen and oxygen atoms in total. The van der Waals surface area contributed by atoms with E-state index in [4.69, 9.17) is 4.42 Å². The number of nitrogens with zero attached hydrogens (tertiary/aromatic N) is 1. The van der Waals surface area contributed by atoms with Crippen LogP contribution in [0.4, 0.5) is 0 Å². The first-order valence-corrected chi connectivity index (χ1v) is 9.15. The smallest absolute Gasteiger partial charge is 0.408 e. The molecule has 0 aliphatic heterocycles. The van der Waals surface area contributed by atoms with Gasteiger partial charge in [-0.05, 0) is 42.9 Å². The van der Waals surface area contributed by atoms with Crippen LogP contribution in [0, 0.1) is 5.92 Å². The maximum Gasteiger partial charge on any atom is 0.419 e. The lowest BCUT2D eigenvalue weighted by molar-refractivity contribution is -0.122. The highest BCUT2D eigenvalue weighted by Crippen LogP contribution is 2.40. The maximum atomic E-state index is 12.4. The Kier molecular flexibility index (Phi) is 4.61. The summed E-state index contributed by atoms with van der Waals surface area (Å²) in [6.45, 7) is 0.475. The molecular formula is C21H22N2O3. The molecule has 0 saturated heterocycles. The Bertz CT molecular complexity index is 954. The molecule has 134 valence electrons. The Morgan fingerprint density at radius 2 is 1.85 bits per heavy atom. The number of benzene rings is 2. The average molecular weight is 350 g/mol. The summed E-state index contributed by atoms with van der Waals surface area (Å²) in [6, 6.07) is 17.6. The lowest BCUT2D eigenvalue weighted by Crippen LogP contribution is -2.30. The summed E-state index contributed by atoms with van der Waals surface area (Å²) < 4.78 is 6.82. The predicted molar refractivity (Wildman–Crippen MR) is 99.8 cm³/mol. The van der Waals surface area contributed by atoms with Gasteiger partial charge in [-0.3, -0.25) is 9.36 Å². The zero-order valence-electron chi connectivity index (χ0n) is 14.6. The Balaban J connectivity index is 1.36. The molecule has 1 aromatic heterocycles. The van der Waals surface area contributed by atoms with Crippen LogP contribution in [0.3, 0.4) is 0 Å². The van der Waals surface area contributed by atoms with Crippen molar-refractivity contribution in [1.82, 2.24) is 9.88 Å². The molecule has 1 aliphatic carbocycles. The molecule has 1 aliphatic rings. The van der Waals surface area contributed by atoms with Crippen LogP contribution in [0.5, 0.6) is 0 Å². The first kappa shape index (κ1) is 16.6. The van der Waals surface area contributed by atoms with Crippen LogP contribution in [0.25, 0.3) is 11.1 Å². The van der Waals surface area contributed by atoms with E-state index in [2.05, 4.69) is 17.4 Å². The third-order valence-electron chi connectivity index (χ3n) is 4.93. The highest BCUT2D eigenvalue weighted by Gasteiger charge is 2.33. The lowest BCUT2D eigenvalue weighted by Gasteiger charge is -2.18. The number of nitrogens with one attached hydrogen (secondary N) is 1. The number of hydrogen-bond donors (Lipinski definition) is 1. The van der Waals surface area contributed by atoms with E-state index in [0.717, 1.165) is 18.4 Å². The zero-order chi connectivity index (χ0) is 17.9. The van der Waals surface area contributed by atoms with Crippen molar-refractivity contribution in [3.63, 3.8) is 0 Å². The SMILES string of the molecule is O=C(CCCn1c(=O)oc2ccccc21)NC(c1ccccc1)C1CC1. The molecule has 3 aromatic rings. The number of fused-ring (bicyclic) bond motifs is 1. The molecule has 0 bridgehead atoms.